The molecule has 1 saturated heterocycles. The Bertz CT molecular complexity index is 807. The number of hydrogen-bond acceptors (Lipinski definition) is 5. The molecule has 0 bridgehead atoms. The number of carbonyl (C=O) groups excluding carboxylic acids is 2. The lowest BCUT2D eigenvalue weighted by molar-refractivity contribution is 0.0761. The quantitative estimate of drug-likeness (QED) is 0.891. The molecule has 2 fully saturated rings. The number of carbonyl (C=O) groups is 2. The van der Waals surface area contributed by atoms with Gasteiger partial charge in [0.25, 0.3) is 11.8 Å². The Balaban J connectivity index is 1.44. The van der Waals surface area contributed by atoms with Crippen molar-refractivity contribution in [1.29, 1.82) is 0 Å². The first-order valence-electron chi connectivity index (χ1n) is 9.25. The van der Waals surface area contributed by atoms with Crippen LogP contribution in [0.2, 0.25) is 0 Å². The van der Waals surface area contributed by atoms with Crippen molar-refractivity contribution >= 4 is 28.8 Å². The smallest absolute Gasteiger partial charge is 0.286 e. The maximum Gasteiger partial charge on any atom is 0.286 e. The first-order chi connectivity index (χ1) is 12.7. The summed E-state index contributed by atoms with van der Waals surface area (Å²) in [6, 6.07) is 7.14. The van der Waals surface area contributed by atoms with Gasteiger partial charge in [-0.25, -0.2) is 0 Å². The Morgan fingerprint density at radius 3 is 2.58 bits per heavy atom. The van der Waals surface area contributed by atoms with Crippen LogP contribution in [0.1, 0.15) is 69.6 Å². The molecule has 4 rings (SSSR count). The second kappa shape index (κ2) is 7.53. The highest BCUT2D eigenvalue weighted by Crippen LogP contribution is 2.41. The number of hydrogen-bond donors (Lipinski definition) is 1. The van der Waals surface area contributed by atoms with Gasteiger partial charge >= 0.3 is 0 Å². The van der Waals surface area contributed by atoms with Gasteiger partial charge in [-0.2, -0.15) is 0 Å². The molecular weight excluding hydrogens is 348 g/mol. The predicted molar refractivity (Wildman–Crippen MR) is 101 cm³/mol. The third-order valence-corrected chi connectivity index (χ3v) is 5.91. The Kier molecular flexibility index (Phi) is 4.97. The standard InChI is InChI=1S/C19H22N4O2S/c24-16(18-22-21-17(26-18)13-8-9-13)20-15-7-5-6-14(12-15)19(25)23-10-3-1-2-4-11-23/h5-7,12-13H,1-4,8-11H2,(H,20,24). The zero-order valence-corrected chi connectivity index (χ0v) is 15.4. The van der Waals surface area contributed by atoms with E-state index in [0.29, 0.717) is 22.2 Å². The number of aromatic nitrogens is 2. The fraction of sp³-hybridized carbons (Fsp3) is 0.474. The first-order valence-corrected chi connectivity index (χ1v) is 10.1. The molecule has 0 unspecified atom stereocenters. The van der Waals surface area contributed by atoms with Crippen LogP contribution in [-0.2, 0) is 0 Å². The first kappa shape index (κ1) is 17.1. The van der Waals surface area contributed by atoms with E-state index in [1.165, 1.54) is 24.2 Å². The Hall–Kier alpha value is -2.28. The van der Waals surface area contributed by atoms with E-state index in [4.69, 9.17) is 0 Å². The van der Waals surface area contributed by atoms with Crippen molar-refractivity contribution in [1.82, 2.24) is 15.1 Å². The summed E-state index contributed by atoms with van der Waals surface area (Å²) in [6.45, 7) is 1.62. The minimum absolute atomic E-state index is 0.0370. The van der Waals surface area contributed by atoms with Crippen LogP contribution >= 0.6 is 11.3 Å². The monoisotopic (exact) mass is 370 g/mol. The van der Waals surface area contributed by atoms with Gasteiger partial charge in [0.2, 0.25) is 5.01 Å². The van der Waals surface area contributed by atoms with Gasteiger partial charge in [0.15, 0.2) is 0 Å². The lowest BCUT2D eigenvalue weighted by Crippen LogP contribution is -2.31. The molecule has 1 aliphatic carbocycles. The Morgan fingerprint density at radius 1 is 1.08 bits per heavy atom. The molecule has 26 heavy (non-hydrogen) atoms. The summed E-state index contributed by atoms with van der Waals surface area (Å²) in [7, 11) is 0. The van der Waals surface area contributed by atoms with Gasteiger partial charge in [0, 0.05) is 30.3 Å². The van der Waals surface area contributed by atoms with Crippen LogP contribution in [-0.4, -0.2) is 40.0 Å². The summed E-state index contributed by atoms with van der Waals surface area (Å²) in [5, 5.41) is 12.3. The molecular formula is C19H22N4O2S. The molecule has 2 aliphatic rings. The van der Waals surface area contributed by atoms with E-state index in [0.717, 1.165) is 43.8 Å². The van der Waals surface area contributed by atoms with Crippen LogP contribution in [0.4, 0.5) is 5.69 Å². The maximum atomic E-state index is 12.7. The third kappa shape index (κ3) is 3.93. The normalized spacial score (nSPS) is 17.6. The summed E-state index contributed by atoms with van der Waals surface area (Å²) in [4.78, 5) is 27.1. The minimum Gasteiger partial charge on any atom is -0.339 e. The van der Waals surface area contributed by atoms with Crippen LogP contribution < -0.4 is 5.32 Å². The van der Waals surface area contributed by atoms with Crippen molar-refractivity contribution < 1.29 is 9.59 Å². The van der Waals surface area contributed by atoms with Gasteiger partial charge in [-0.05, 0) is 43.9 Å². The molecule has 1 aromatic carbocycles. The molecule has 6 nitrogen and oxygen atoms in total. The number of likely N-dealkylation sites (tertiary alicyclic amines) is 1. The van der Waals surface area contributed by atoms with E-state index in [1.807, 2.05) is 4.90 Å². The van der Waals surface area contributed by atoms with Gasteiger partial charge in [-0.3, -0.25) is 9.59 Å². The summed E-state index contributed by atoms with van der Waals surface area (Å²) in [6.07, 6.45) is 6.76. The van der Waals surface area contributed by atoms with Crippen LogP contribution in [0.25, 0.3) is 0 Å². The molecule has 2 heterocycles. The van der Waals surface area contributed by atoms with Gasteiger partial charge < -0.3 is 10.2 Å². The number of anilines is 1. The lowest BCUT2D eigenvalue weighted by atomic mass is 10.1. The number of nitrogens with zero attached hydrogens (tertiary/aromatic N) is 3. The van der Waals surface area contributed by atoms with E-state index in [2.05, 4.69) is 15.5 Å². The molecule has 2 aromatic rings. The van der Waals surface area contributed by atoms with E-state index in [-0.39, 0.29) is 11.8 Å². The van der Waals surface area contributed by atoms with Crippen molar-refractivity contribution in [2.75, 3.05) is 18.4 Å². The average Bonchev–Trinajstić information content (AvgIpc) is 3.44. The second-order valence-electron chi connectivity index (χ2n) is 6.96. The van der Waals surface area contributed by atoms with Crippen LogP contribution in [0, 0.1) is 0 Å². The summed E-state index contributed by atoms with van der Waals surface area (Å²) >= 11 is 1.36. The van der Waals surface area contributed by atoms with Crippen molar-refractivity contribution in [3.63, 3.8) is 0 Å². The number of benzene rings is 1. The number of nitrogens with one attached hydrogen (secondary N) is 1. The summed E-state index contributed by atoms with van der Waals surface area (Å²) in [5.41, 5.74) is 1.22. The Morgan fingerprint density at radius 2 is 1.85 bits per heavy atom. The summed E-state index contributed by atoms with van der Waals surface area (Å²) < 4.78 is 0. The average molecular weight is 370 g/mol. The SMILES string of the molecule is O=C(Nc1cccc(C(=O)N2CCCCCC2)c1)c1nnc(C2CC2)s1. The fourth-order valence-electron chi connectivity index (χ4n) is 3.19. The van der Waals surface area contributed by atoms with Gasteiger partial charge in [-0.1, -0.05) is 30.2 Å². The summed E-state index contributed by atoms with van der Waals surface area (Å²) in [5.74, 6) is 0.257. The predicted octanol–water partition coefficient (Wildman–Crippen LogP) is 3.68. The van der Waals surface area contributed by atoms with Crippen molar-refractivity contribution in [2.45, 2.75) is 44.4 Å². The Labute approximate surface area is 156 Å². The van der Waals surface area contributed by atoms with Gasteiger partial charge in [0.05, 0.1) is 0 Å². The van der Waals surface area contributed by atoms with Gasteiger partial charge in [-0.15, -0.1) is 10.2 Å². The van der Waals surface area contributed by atoms with E-state index in [1.54, 1.807) is 24.3 Å². The van der Waals surface area contributed by atoms with Crippen molar-refractivity contribution in [3.05, 3.63) is 39.8 Å². The third-order valence-electron chi connectivity index (χ3n) is 4.82. The molecule has 0 radical (unpaired) electrons. The topological polar surface area (TPSA) is 75.2 Å². The highest BCUT2D eigenvalue weighted by Gasteiger charge is 2.28. The van der Waals surface area contributed by atoms with Crippen molar-refractivity contribution in [2.24, 2.45) is 0 Å². The molecule has 1 aliphatic heterocycles. The molecule has 7 heteroatoms. The minimum atomic E-state index is -0.270. The highest BCUT2D eigenvalue weighted by molar-refractivity contribution is 7.13. The fourth-order valence-corrected chi connectivity index (χ4v) is 4.10. The van der Waals surface area contributed by atoms with Crippen LogP contribution in [0.5, 0.6) is 0 Å². The van der Waals surface area contributed by atoms with E-state index < -0.39 is 0 Å². The number of amides is 2. The van der Waals surface area contributed by atoms with Gasteiger partial charge in [0.1, 0.15) is 5.01 Å². The molecule has 1 aromatic heterocycles. The molecule has 136 valence electrons. The highest BCUT2D eigenvalue weighted by atomic mass is 32.1. The zero-order chi connectivity index (χ0) is 17.9. The lowest BCUT2D eigenvalue weighted by Gasteiger charge is -2.20. The zero-order valence-electron chi connectivity index (χ0n) is 14.6. The second-order valence-corrected chi connectivity index (χ2v) is 7.97. The molecule has 0 spiro atoms. The largest absolute Gasteiger partial charge is 0.339 e. The van der Waals surface area contributed by atoms with Crippen LogP contribution in [0.15, 0.2) is 24.3 Å². The van der Waals surface area contributed by atoms with Crippen LogP contribution in [0.3, 0.4) is 0 Å². The maximum absolute atomic E-state index is 12.7. The molecule has 2 amide bonds. The van der Waals surface area contributed by atoms with E-state index >= 15 is 0 Å². The molecule has 1 saturated carbocycles. The number of rotatable bonds is 4. The molecule has 1 N–H and O–H groups in total. The molecule has 0 atom stereocenters. The van der Waals surface area contributed by atoms with Crippen molar-refractivity contribution in [3.8, 4) is 0 Å². The van der Waals surface area contributed by atoms with E-state index in [9.17, 15) is 9.59 Å².